The second-order valence-corrected chi connectivity index (χ2v) is 29.4. The molecule has 0 bridgehead atoms. The lowest BCUT2D eigenvalue weighted by atomic mass is 9.90. The van der Waals surface area contributed by atoms with Crippen LogP contribution in [0.1, 0.15) is 155 Å². The van der Waals surface area contributed by atoms with E-state index in [9.17, 15) is 37.1 Å². The number of carbonyl (C=O) groups excluding carboxylic acids is 12. The van der Waals surface area contributed by atoms with Crippen molar-refractivity contribution in [2.75, 3.05) is 87.7 Å². The molecule has 5 aliphatic rings. The minimum Gasteiger partial charge on any atom is -0.378 e. The number of likely N-dealkylation sites (N-methyl/N-ethyl adjacent to an activating group) is 6. The van der Waals surface area contributed by atoms with Gasteiger partial charge in [-0.1, -0.05) is 97.1 Å². The number of nitrogens with one attached hydrogen (secondary N) is 3. The van der Waals surface area contributed by atoms with Crippen LogP contribution in [0.5, 0.6) is 0 Å². The Morgan fingerprint density at radius 3 is 1.82 bits per heavy atom. The molecule has 1 saturated carbocycles. The summed E-state index contributed by atoms with van der Waals surface area (Å²) < 4.78 is 77.2. The molecule has 12 amide bonds. The lowest BCUT2D eigenvalue weighted by molar-refractivity contribution is -0.161. The number of fused-ring (bicyclic) bond motifs is 2. The average Bonchev–Trinajstić information content (AvgIpc) is 1.65. The van der Waals surface area contributed by atoms with Crippen molar-refractivity contribution in [1.29, 1.82) is 0 Å². The van der Waals surface area contributed by atoms with E-state index < -0.39 is 192 Å². The van der Waals surface area contributed by atoms with Crippen molar-refractivity contribution < 1.29 is 84.2 Å². The van der Waals surface area contributed by atoms with Crippen molar-refractivity contribution in [1.82, 2.24) is 60.0 Å². The zero-order valence-electron chi connectivity index (χ0n) is 62.7. The average molecular weight is 1470 g/mol. The molecule has 11 atom stereocenters. The highest BCUT2D eigenvalue weighted by Crippen LogP contribution is 2.37. The highest BCUT2D eigenvalue weighted by Gasteiger charge is 2.52. The summed E-state index contributed by atoms with van der Waals surface area (Å²) in [5, 5.41) is 8.50. The number of nitrogens with zero attached hydrogens (tertiary/aromatic N) is 9. The van der Waals surface area contributed by atoms with E-state index >= 15 is 42.3 Å². The molecule has 5 fully saturated rings. The summed E-state index contributed by atoms with van der Waals surface area (Å²) in [6, 6.07) is -3.92. The largest absolute Gasteiger partial charge is 0.422 e. The molecule has 104 heavy (non-hydrogen) atoms. The van der Waals surface area contributed by atoms with Gasteiger partial charge in [0.05, 0.1) is 26.2 Å². The topological polar surface area (TPSA) is 279 Å². The molecule has 0 radical (unpaired) electrons. The number of amides is 12. The van der Waals surface area contributed by atoms with Gasteiger partial charge in [-0.3, -0.25) is 57.5 Å². The van der Waals surface area contributed by atoms with Gasteiger partial charge in [-0.15, -0.1) is 0 Å². The van der Waals surface area contributed by atoms with E-state index in [1.165, 1.54) is 76.5 Å². The van der Waals surface area contributed by atoms with Gasteiger partial charge < -0.3 is 64.8 Å². The molecule has 30 heteroatoms. The summed E-state index contributed by atoms with van der Waals surface area (Å²) in [6.07, 6.45) is -4.88. The van der Waals surface area contributed by atoms with Gasteiger partial charge in [0.1, 0.15) is 77.1 Å². The molecule has 4 aliphatic heterocycles. The van der Waals surface area contributed by atoms with Crippen LogP contribution in [-0.2, 0) is 81.3 Å². The number of hydrogen-bond acceptors (Lipinski definition) is 13. The molecule has 0 aromatic heterocycles. The van der Waals surface area contributed by atoms with E-state index in [0.29, 0.717) is 43.4 Å². The van der Waals surface area contributed by atoms with Crippen molar-refractivity contribution in [3.05, 3.63) is 70.3 Å². The van der Waals surface area contributed by atoms with E-state index in [-0.39, 0.29) is 102 Å². The SMILES string of the molecule is CC[C@H](C)[C@@H]1NC(=O)[C@H](CC(C)C)N(C)C(=O)C[C@@H](C(=O)N2CCOCC2)N(C)C(=O)[C@H]([C@@H](C)CC)N(C)C(=O)C2(CCCC2)NC(=O)[C@@H]2CCCN2C(=O)[C@H](CCc2cc(F)c(C(F)(F)F)c(F)c2)NC(=O)CN(C)C(=O)[C@H](Cc2ccc(C)cc2)N(CC)C(=O)[C@@H]2CCN2C(=O)[C@H](C)N(C)C1=O. The number of rotatable bonds is 13. The zero-order valence-corrected chi connectivity index (χ0v) is 62.7. The van der Waals surface area contributed by atoms with Crippen molar-refractivity contribution in [3.63, 3.8) is 0 Å². The second kappa shape index (κ2) is 35.7. The maximum Gasteiger partial charge on any atom is 0.422 e. The number of benzene rings is 2. The lowest BCUT2D eigenvalue weighted by Gasteiger charge is -2.45. The van der Waals surface area contributed by atoms with E-state index in [1.807, 2.05) is 39.8 Å². The van der Waals surface area contributed by atoms with E-state index in [1.54, 1.807) is 39.8 Å². The van der Waals surface area contributed by atoms with E-state index in [2.05, 4.69) is 16.0 Å². The van der Waals surface area contributed by atoms with Crippen LogP contribution in [0.25, 0.3) is 0 Å². The maximum absolute atomic E-state index is 15.5. The Kier molecular flexibility index (Phi) is 28.4. The third-order valence-electron chi connectivity index (χ3n) is 21.9. The highest BCUT2D eigenvalue weighted by atomic mass is 19.4. The van der Waals surface area contributed by atoms with Crippen molar-refractivity contribution in [2.45, 2.75) is 218 Å². The van der Waals surface area contributed by atoms with Crippen LogP contribution in [0.4, 0.5) is 22.0 Å². The minimum absolute atomic E-state index is 0.0369. The molecule has 3 N–H and O–H groups in total. The monoisotopic (exact) mass is 1470 g/mol. The summed E-state index contributed by atoms with van der Waals surface area (Å²) in [6.45, 7) is 15.5. The predicted octanol–water partition coefficient (Wildman–Crippen LogP) is 4.86. The maximum atomic E-state index is 15.5. The molecule has 4 saturated heterocycles. The Hall–Kier alpha value is -8.31. The minimum atomic E-state index is -5.40. The number of alkyl halides is 3. The fourth-order valence-corrected chi connectivity index (χ4v) is 14.8. The molecule has 7 rings (SSSR count). The molecule has 576 valence electrons. The van der Waals surface area contributed by atoms with E-state index in [0.717, 1.165) is 15.4 Å². The summed E-state index contributed by atoms with van der Waals surface area (Å²) in [5.74, 6) is -14.0. The number of hydrogen-bond donors (Lipinski definition) is 3. The third-order valence-corrected chi connectivity index (χ3v) is 21.9. The van der Waals surface area contributed by atoms with Crippen molar-refractivity contribution in [3.8, 4) is 0 Å². The number of aryl methyl sites for hydroxylation is 2. The van der Waals surface area contributed by atoms with Gasteiger partial charge in [0.2, 0.25) is 70.9 Å². The molecule has 1 spiro atoms. The standard InChI is InChI=1S/C74H107F5N12O13/c1-15-45(7)61-70(101)84(11)47(9)65(96)91-32-28-54(91)69(100)89(17-3)57(40-48-24-22-44(6)23-25-48)67(98)83(10)42-58(92)80-52(27-26-49-38-50(75)60(51(76)39-49)74(77,78)79)66(97)90-31-20-21-53(90)64(95)82-73(29-18-19-30-73)72(103)87(14)62(46(8)16-2)71(102)86(13)56(68(99)88-33-35-104-36-34-88)41-59(93)85(12)55(37-43(4)5)63(94)81-61/h22-25,38-39,43,45-47,52-57,61-62H,15-21,26-37,40-42H2,1-14H3,(H,80,92)(H,81,94)(H,82,95)/t45-,46-,47-,52-,53-,54-,55-,56-,57-,61-,62-/m0/s1. The Labute approximate surface area is 606 Å². The first-order chi connectivity index (χ1) is 48.9. The highest BCUT2D eigenvalue weighted by molar-refractivity contribution is 6.01. The Bertz CT molecular complexity index is 3450. The quantitative estimate of drug-likeness (QED) is 0.226. The van der Waals surface area contributed by atoms with Gasteiger partial charge in [-0.2, -0.15) is 13.2 Å². The summed E-state index contributed by atoms with van der Waals surface area (Å²) >= 11 is 0. The molecule has 2 aromatic rings. The van der Waals surface area contributed by atoms with Crippen LogP contribution in [0.2, 0.25) is 0 Å². The second-order valence-electron chi connectivity index (χ2n) is 29.4. The smallest absolute Gasteiger partial charge is 0.378 e. The van der Waals surface area contributed by atoms with Gasteiger partial charge in [-0.25, -0.2) is 8.78 Å². The van der Waals surface area contributed by atoms with Crippen molar-refractivity contribution in [2.24, 2.45) is 17.8 Å². The van der Waals surface area contributed by atoms with Crippen LogP contribution >= 0.6 is 0 Å². The lowest BCUT2D eigenvalue weighted by Crippen LogP contribution is -2.65. The normalized spacial score (nSPS) is 26.4. The molecule has 25 nitrogen and oxygen atoms in total. The summed E-state index contributed by atoms with van der Waals surface area (Å²) in [5.41, 5.74) is -2.62. The van der Waals surface area contributed by atoms with Crippen LogP contribution in [0.3, 0.4) is 0 Å². The number of halogens is 5. The number of morpholine rings is 1. The Morgan fingerprint density at radius 1 is 0.654 bits per heavy atom. The van der Waals surface area contributed by atoms with Crippen LogP contribution < -0.4 is 16.0 Å². The molecule has 4 heterocycles. The van der Waals surface area contributed by atoms with Crippen LogP contribution in [0.15, 0.2) is 36.4 Å². The first-order valence-electron chi connectivity index (χ1n) is 36.5. The number of ether oxygens (including phenoxy) is 1. The molecule has 2 aromatic carbocycles. The van der Waals surface area contributed by atoms with Crippen LogP contribution in [-0.4, -0.2) is 263 Å². The Morgan fingerprint density at radius 2 is 1.26 bits per heavy atom. The van der Waals surface area contributed by atoms with Gasteiger partial charge in [0.15, 0.2) is 0 Å². The van der Waals surface area contributed by atoms with Gasteiger partial charge in [0.25, 0.3) is 0 Å². The zero-order chi connectivity index (χ0) is 77.1. The molecular formula is C74H107F5N12O13. The number of carbonyl (C=O) groups is 12. The summed E-state index contributed by atoms with van der Waals surface area (Å²) in [7, 11) is 6.86. The first-order valence-corrected chi connectivity index (χ1v) is 36.5. The fraction of sp³-hybridized carbons (Fsp3) is 0.676. The predicted molar refractivity (Wildman–Crippen MR) is 374 cm³/mol. The van der Waals surface area contributed by atoms with E-state index in [4.69, 9.17) is 4.74 Å². The van der Waals surface area contributed by atoms with Gasteiger partial charge >= 0.3 is 6.18 Å². The summed E-state index contributed by atoms with van der Waals surface area (Å²) in [4.78, 5) is 192. The van der Waals surface area contributed by atoms with Crippen molar-refractivity contribution >= 4 is 70.9 Å². The van der Waals surface area contributed by atoms with Gasteiger partial charge in [-0.05, 0) is 113 Å². The van der Waals surface area contributed by atoms with Crippen LogP contribution in [0, 0.1) is 36.3 Å². The first kappa shape index (κ1) is 83.0. The Balaban J connectivity index is 1.32. The fourth-order valence-electron chi connectivity index (χ4n) is 14.8. The van der Waals surface area contributed by atoms with Gasteiger partial charge in [0, 0.05) is 74.4 Å². The third kappa shape index (κ3) is 19.0. The molecule has 1 aliphatic carbocycles. The molecular weight excluding hydrogens is 1360 g/mol. The molecule has 0 unspecified atom stereocenters.